The molecule has 15 heavy (non-hydrogen) atoms. The van der Waals surface area contributed by atoms with Gasteiger partial charge >= 0.3 is 5.97 Å². The van der Waals surface area contributed by atoms with E-state index in [0.717, 1.165) is 0 Å². The van der Waals surface area contributed by atoms with Crippen LogP contribution in [0.5, 0.6) is 0 Å². The van der Waals surface area contributed by atoms with Crippen LogP contribution in [0, 0.1) is 11.8 Å². The topological polar surface area (TPSA) is 63.6 Å². The van der Waals surface area contributed by atoms with E-state index >= 15 is 0 Å². The Hall–Kier alpha value is -0.340. The first-order chi connectivity index (χ1) is 6.84. The lowest BCUT2D eigenvalue weighted by molar-refractivity contribution is -0.140. The molecule has 90 valence electrons. The Bertz CT molecular complexity index is 227. The zero-order valence-corrected chi connectivity index (χ0v) is 10.8. The van der Waals surface area contributed by atoms with Gasteiger partial charge in [-0.2, -0.15) is 0 Å². The summed E-state index contributed by atoms with van der Waals surface area (Å²) in [6, 6.07) is 0. The Balaban J connectivity index is 3.94. The van der Waals surface area contributed by atoms with Crippen LogP contribution in [0.4, 0.5) is 0 Å². The minimum absolute atomic E-state index is 0.221. The highest BCUT2D eigenvalue weighted by atomic mass is 31.1. The predicted molar refractivity (Wildman–Crippen MR) is 60.9 cm³/mol. The fraction of sp³-hybridized carbons (Fsp3) is 0.900. The first-order valence-corrected chi connectivity index (χ1v) is 6.91. The van der Waals surface area contributed by atoms with Gasteiger partial charge in [0.2, 0.25) is 0 Å². The quantitative estimate of drug-likeness (QED) is 0.689. The van der Waals surface area contributed by atoms with Gasteiger partial charge in [0.1, 0.15) is 13.6 Å². The van der Waals surface area contributed by atoms with E-state index in [4.69, 9.17) is 9.84 Å². The molecule has 0 aliphatic rings. The summed E-state index contributed by atoms with van der Waals surface area (Å²) in [6.45, 7) is 7.92. The third kappa shape index (κ3) is 6.69. The van der Waals surface area contributed by atoms with E-state index < -0.39 is 19.7 Å². The zero-order valence-electron chi connectivity index (χ0n) is 9.82. The summed E-state index contributed by atoms with van der Waals surface area (Å²) >= 11 is 0. The van der Waals surface area contributed by atoms with Gasteiger partial charge in [-0.25, -0.2) is 0 Å². The molecule has 1 N–H and O–H groups in total. The first kappa shape index (κ1) is 14.7. The molecule has 0 aliphatic carbocycles. The third-order valence-corrected chi connectivity index (χ3v) is 4.15. The molecule has 0 aliphatic heterocycles. The maximum absolute atomic E-state index is 11.7. The van der Waals surface area contributed by atoms with Crippen molar-refractivity contribution in [2.75, 3.05) is 12.8 Å². The molecule has 3 atom stereocenters. The summed E-state index contributed by atoms with van der Waals surface area (Å²) in [5.74, 6) is -1.37. The van der Waals surface area contributed by atoms with Gasteiger partial charge in [0.25, 0.3) is 0 Å². The Morgan fingerprint density at radius 1 is 1.33 bits per heavy atom. The van der Waals surface area contributed by atoms with Crippen LogP contribution >= 0.6 is 7.80 Å². The van der Waals surface area contributed by atoms with Crippen LogP contribution in [0.3, 0.4) is 0 Å². The standard InChI is InChI=1S/C10H21O4P/c1-7(2)5-14-9(4)15(13)6-8(3)10(11)12/h7-9,15H,5-6H2,1-4H3,(H,11,12). The average molecular weight is 236 g/mol. The molecule has 3 unspecified atom stereocenters. The van der Waals surface area contributed by atoms with Gasteiger partial charge in [0, 0.05) is 12.8 Å². The first-order valence-electron chi connectivity index (χ1n) is 5.21. The number of carbonyl (C=O) groups is 1. The van der Waals surface area contributed by atoms with Gasteiger partial charge in [-0.05, 0) is 12.8 Å². The van der Waals surface area contributed by atoms with E-state index in [0.29, 0.717) is 12.5 Å². The number of ether oxygens (including phenoxy) is 1. The van der Waals surface area contributed by atoms with E-state index in [9.17, 15) is 9.36 Å². The Morgan fingerprint density at radius 3 is 2.27 bits per heavy atom. The van der Waals surface area contributed by atoms with E-state index in [1.165, 1.54) is 0 Å². The van der Waals surface area contributed by atoms with Gasteiger partial charge < -0.3 is 14.4 Å². The second-order valence-corrected chi connectivity index (χ2v) is 6.43. The Labute approximate surface area is 91.8 Å². The number of rotatable bonds is 7. The fourth-order valence-electron chi connectivity index (χ4n) is 0.985. The van der Waals surface area contributed by atoms with Crippen LogP contribution in [-0.4, -0.2) is 29.7 Å². The summed E-state index contributed by atoms with van der Waals surface area (Å²) in [4.78, 5) is 10.6. The minimum Gasteiger partial charge on any atom is -0.481 e. The third-order valence-electron chi connectivity index (χ3n) is 2.06. The summed E-state index contributed by atoms with van der Waals surface area (Å²) in [5, 5.41) is 8.67. The van der Waals surface area contributed by atoms with Gasteiger partial charge in [0.15, 0.2) is 0 Å². The molecule has 0 radical (unpaired) electrons. The fourth-order valence-corrected chi connectivity index (χ4v) is 2.38. The Kier molecular flexibility index (Phi) is 6.86. The van der Waals surface area contributed by atoms with Crippen LogP contribution in [0.1, 0.15) is 27.7 Å². The SMILES string of the molecule is CC(C)COC(C)[PH](=O)CC(C)C(=O)O. The molecule has 0 aromatic carbocycles. The van der Waals surface area contributed by atoms with Crippen LogP contribution in [-0.2, 0) is 14.1 Å². The number of carboxylic acid groups (broad SMARTS) is 1. The van der Waals surface area contributed by atoms with Crippen molar-refractivity contribution in [3.05, 3.63) is 0 Å². The highest BCUT2D eigenvalue weighted by Crippen LogP contribution is 2.31. The average Bonchev–Trinajstić information content (AvgIpc) is 2.13. The van der Waals surface area contributed by atoms with Crippen molar-refractivity contribution < 1.29 is 19.2 Å². The van der Waals surface area contributed by atoms with Gasteiger partial charge in [-0.1, -0.05) is 20.8 Å². The summed E-state index contributed by atoms with van der Waals surface area (Å²) in [7, 11) is -1.96. The summed E-state index contributed by atoms with van der Waals surface area (Å²) in [5.41, 5.74) is 0. The molecule has 0 amide bonds. The molecule has 0 bridgehead atoms. The maximum atomic E-state index is 11.7. The van der Waals surface area contributed by atoms with Crippen molar-refractivity contribution >= 4 is 13.8 Å². The number of hydrogen-bond donors (Lipinski definition) is 1. The lowest BCUT2D eigenvalue weighted by Gasteiger charge is -2.15. The van der Waals surface area contributed by atoms with Crippen molar-refractivity contribution in [1.29, 1.82) is 0 Å². The lowest BCUT2D eigenvalue weighted by Crippen LogP contribution is -2.16. The second kappa shape index (κ2) is 7.02. The summed E-state index contributed by atoms with van der Waals surface area (Å²) in [6.07, 6.45) is 0.221. The minimum atomic E-state index is -1.96. The summed E-state index contributed by atoms with van der Waals surface area (Å²) < 4.78 is 17.1. The van der Waals surface area contributed by atoms with Crippen molar-refractivity contribution in [1.82, 2.24) is 0 Å². The zero-order chi connectivity index (χ0) is 12.0. The van der Waals surface area contributed by atoms with Crippen molar-refractivity contribution in [3.8, 4) is 0 Å². The predicted octanol–water partition coefficient (Wildman–Crippen LogP) is 2.29. The molecule has 0 aromatic rings. The molecular weight excluding hydrogens is 215 g/mol. The van der Waals surface area contributed by atoms with Gasteiger partial charge in [0.05, 0.1) is 5.92 Å². The van der Waals surface area contributed by atoms with E-state index in [-0.39, 0.29) is 12.0 Å². The molecule has 0 spiro atoms. The van der Waals surface area contributed by atoms with E-state index in [1.54, 1.807) is 13.8 Å². The number of aliphatic carboxylic acids is 1. The Morgan fingerprint density at radius 2 is 1.87 bits per heavy atom. The van der Waals surface area contributed by atoms with Crippen LogP contribution < -0.4 is 0 Å². The van der Waals surface area contributed by atoms with Crippen LogP contribution in [0.2, 0.25) is 0 Å². The molecular formula is C10H21O4P. The number of hydrogen-bond acceptors (Lipinski definition) is 3. The molecule has 0 aromatic heterocycles. The van der Waals surface area contributed by atoms with Crippen molar-refractivity contribution in [2.45, 2.75) is 33.5 Å². The smallest absolute Gasteiger partial charge is 0.306 e. The number of carboxylic acids is 1. The van der Waals surface area contributed by atoms with Crippen LogP contribution in [0.25, 0.3) is 0 Å². The van der Waals surface area contributed by atoms with Gasteiger partial charge in [-0.15, -0.1) is 0 Å². The highest BCUT2D eigenvalue weighted by molar-refractivity contribution is 7.45. The molecule has 5 heteroatoms. The molecule has 0 saturated heterocycles. The maximum Gasteiger partial charge on any atom is 0.306 e. The van der Waals surface area contributed by atoms with Crippen molar-refractivity contribution in [2.24, 2.45) is 11.8 Å². The molecule has 0 rings (SSSR count). The normalized spacial score (nSPS) is 17.4. The second-order valence-electron chi connectivity index (χ2n) is 4.28. The van der Waals surface area contributed by atoms with Gasteiger partial charge in [-0.3, -0.25) is 4.79 Å². The van der Waals surface area contributed by atoms with E-state index in [1.807, 2.05) is 13.8 Å². The highest BCUT2D eigenvalue weighted by Gasteiger charge is 2.19. The monoisotopic (exact) mass is 236 g/mol. The molecule has 4 nitrogen and oxygen atoms in total. The molecule has 0 fully saturated rings. The van der Waals surface area contributed by atoms with E-state index in [2.05, 4.69) is 0 Å². The largest absolute Gasteiger partial charge is 0.481 e. The van der Waals surface area contributed by atoms with Crippen LogP contribution in [0.15, 0.2) is 0 Å². The molecule has 0 saturated carbocycles. The molecule has 0 heterocycles. The van der Waals surface area contributed by atoms with Crippen molar-refractivity contribution in [3.63, 3.8) is 0 Å². The lowest BCUT2D eigenvalue weighted by atomic mass is 10.2.